The van der Waals surface area contributed by atoms with Gasteiger partial charge in [-0.05, 0) is 30.6 Å². The summed E-state index contributed by atoms with van der Waals surface area (Å²) in [6.07, 6.45) is 4.85. The highest BCUT2D eigenvalue weighted by Gasteiger charge is 2.48. The van der Waals surface area contributed by atoms with Gasteiger partial charge < -0.3 is 4.74 Å². The highest BCUT2D eigenvalue weighted by molar-refractivity contribution is 5.07. The smallest absolute Gasteiger partial charge is 0.0496 e. The number of ether oxygens (including phenoxy) is 1. The molecule has 0 aromatic heterocycles. The van der Waals surface area contributed by atoms with E-state index in [1.54, 1.807) is 0 Å². The zero-order chi connectivity index (χ0) is 8.39. The van der Waals surface area contributed by atoms with Crippen molar-refractivity contribution in [1.82, 2.24) is 0 Å². The fourth-order valence-electron chi connectivity index (χ4n) is 2.47. The Morgan fingerprint density at radius 2 is 1.75 bits per heavy atom. The standard InChI is InChI=1S/C11H16O/c1-12-8-11-9-6-4-2-3-5-7-10(9)11/h9-11H,4-8H2,1H3/t9-,10+,11-. The van der Waals surface area contributed by atoms with Crippen LogP contribution in [-0.2, 0) is 4.74 Å². The lowest BCUT2D eigenvalue weighted by molar-refractivity contribution is 0.177. The van der Waals surface area contributed by atoms with Crippen molar-refractivity contribution in [3.05, 3.63) is 0 Å². The van der Waals surface area contributed by atoms with Crippen LogP contribution >= 0.6 is 0 Å². The average molecular weight is 164 g/mol. The van der Waals surface area contributed by atoms with Crippen LogP contribution < -0.4 is 0 Å². The van der Waals surface area contributed by atoms with Crippen LogP contribution in [0.4, 0.5) is 0 Å². The molecule has 2 aliphatic carbocycles. The molecule has 0 heterocycles. The Morgan fingerprint density at radius 1 is 1.17 bits per heavy atom. The summed E-state index contributed by atoms with van der Waals surface area (Å²) in [4.78, 5) is 0. The molecule has 2 aliphatic rings. The van der Waals surface area contributed by atoms with Crippen molar-refractivity contribution in [1.29, 1.82) is 0 Å². The van der Waals surface area contributed by atoms with Gasteiger partial charge in [0, 0.05) is 26.6 Å². The van der Waals surface area contributed by atoms with E-state index in [2.05, 4.69) is 11.8 Å². The van der Waals surface area contributed by atoms with E-state index in [-0.39, 0.29) is 0 Å². The molecule has 0 aromatic carbocycles. The molecule has 0 radical (unpaired) electrons. The summed E-state index contributed by atoms with van der Waals surface area (Å²) in [5, 5.41) is 0. The van der Waals surface area contributed by atoms with Gasteiger partial charge in [-0.15, -0.1) is 11.8 Å². The molecule has 0 amide bonds. The summed E-state index contributed by atoms with van der Waals surface area (Å²) < 4.78 is 5.20. The van der Waals surface area contributed by atoms with E-state index < -0.39 is 0 Å². The van der Waals surface area contributed by atoms with Crippen molar-refractivity contribution in [2.75, 3.05) is 13.7 Å². The van der Waals surface area contributed by atoms with Crippen LogP contribution in [-0.4, -0.2) is 13.7 Å². The predicted octanol–water partition coefficient (Wildman–Crippen LogP) is 2.07. The van der Waals surface area contributed by atoms with Crippen LogP contribution in [0.5, 0.6) is 0 Å². The first-order valence-corrected chi connectivity index (χ1v) is 4.88. The third-order valence-corrected chi connectivity index (χ3v) is 3.20. The van der Waals surface area contributed by atoms with Gasteiger partial charge in [0.05, 0.1) is 0 Å². The van der Waals surface area contributed by atoms with Crippen molar-refractivity contribution in [2.24, 2.45) is 17.8 Å². The zero-order valence-corrected chi connectivity index (χ0v) is 7.68. The topological polar surface area (TPSA) is 9.23 Å². The summed E-state index contributed by atoms with van der Waals surface area (Å²) in [5.74, 6) is 9.18. The van der Waals surface area contributed by atoms with E-state index >= 15 is 0 Å². The largest absolute Gasteiger partial charge is 0.384 e. The maximum atomic E-state index is 5.20. The molecule has 0 spiro atoms. The lowest BCUT2D eigenvalue weighted by atomic mass is 10.1. The van der Waals surface area contributed by atoms with E-state index in [0.29, 0.717) is 0 Å². The van der Waals surface area contributed by atoms with Gasteiger partial charge in [-0.25, -0.2) is 0 Å². The third kappa shape index (κ3) is 1.49. The van der Waals surface area contributed by atoms with E-state index in [0.717, 1.165) is 37.2 Å². The van der Waals surface area contributed by atoms with Crippen LogP contribution in [0.2, 0.25) is 0 Å². The maximum absolute atomic E-state index is 5.20. The van der Waals surface area contributed by atoms with Gasteiger partial charge >= 0.3 is 0 Å². The van der Waals surface area contributed by atoms with Gasteiger partial charge in [0.1, 0.15) is 0 Å². The molecule has 1 saturated carbocycles. The quantitative estimate of drug-likeness (QED) is 0.568. The maximum Gasteiger partial charge on any atom is 0.0496 e. The Balaban J connectivity index is 1.87. The van der Waals surface area contributed by atoms with Gasteiger partial charge in [0.15, 0.2) is 0 Å². The fraction of sp³-hybridized carbons (Fsp3) is 0.818. The molecule has 0 N–H and O–H groups in total. The van der Waals surface area contributed by atoms with E-state index in [4.69, 9.17) is 4.74 Å². The molecule has 1 nitrogen and oxygen atoms in total. The molecule has 1 heteroatoms. The van der Waals surface area contributed by atoms with Gasteiger partial charge in [0.25, 0.3) is 0 Å². The van der Waals surface area contributed by atoms with E-state index in [9.17, 15) is 0 Å². The second-order valence-electron chi connectivity index (χ2n) is 3.88. The summed E-state index contributed by atoms with van der Waals surface area (Å²) in [6, 6.07) is 0. The van der Waals surface area contributed by atoms with Crippen molar-refractivity contribution < 1.29 is 4.74 Å². The van der Waals surface area contributed by atoms with Crippen LogP contribution in [0.1, 0.15) is 25.7 Å². The molecule has 2 rings (SSSR count). The van der Waals surface area contributed by atoms with Crippen molar-refractivity contribution in [2.45, 2.75) is 25.7 Å². The Bertz CT molecular complexity index is 193. The third-order valence-electron chi connectivity index (χ3n) is 3.20. The van der Waals surface area contributed by atoms with Crippen molar-refractivity contribution in [3.63, 3.8) is 0 Å². The summed E-state index contributed by atoms with van der Waals surface area (Å²) >= 11 is 0. The normalized spacial score (nSPS) is 38.6. The van der Waals surface area contributed by atoms with Crippen molar-refractivity contribution in [3.8, 4) is 11.8 Å². The van der Waals surface area contributed by atoms with Gasteiger partial charge in [-0.1, -0.05) is 0 Å². The molecule has 3 atom stereocenters. The summed E-state index contributed by atoms with van der Waals surface area (Å²) in [5.41, 5.74) is 0. The Morgan fingerprint density at radius 3 is 2.25 bits per heavy atom. The number of fused-ring (bicyclic) bond motifs is 1. The molecule has 12 heavy (non-hydrogen) atoms. The predicted molar refractivity (Wildman–Crippen MR) is 48.6 cm³/mol. The minimum absolute atomic E-state index is 0.858. The highest BCUT2D eigenvalue weighted by Crippen LogP contribution is 2.52. The first kappa shape index (κ1) is 8.13. The van der Waals surface area contributed by atoms with Gasteiger partial charge in [-0.2, -0.15) is 0 Å². The van der Waals surface area contributed by atoms with Crippen LogP contribution in [0.25, 0.3) is 0 Å². The fourth-order valence-corrected chi connectivity index (χ4v) is 2.47. The monoisotopic (exact) mass is 164 g/mol. The zero-order valence-electron chi connectivity index (χ0n) is 7.68. The van der Waals surface area contributed by atoms with E-state index in [1.165, 1.54) is 12.8 Å². The molecular weight excluding hydrogens is 148 g/mol. The molecule has 0 aromatic rings. The first-order valence-electron chi connectivity index (χ1n) is 4.88. The summed E-state index contributed by atoms with van der Waals surface area (Å²) in [7, 11) is 1.81. The van der Waals surface area contributed by atoms with Gasteiger partial charge in [-0.3, -0.25) is 0 Å². The van der Waals surface area contributed by atoms with Crippen LogP contribution in [0, 0.1) is 29.6 Å². The van der Waals surface area contributed by atoms with Crippen LogP contribution in [0.15, 0.2) is 0 Å². The highest BCUT2D eigenvalue weighted by atomic mass is 16.5. The Hall–Kier alpha value is -0.480. The average Bonchev–Trinajstić information content (AvgIpc) is 2.61. The molecule has 66 valence electrons. The number of methoxy groups -OCH3 is 1. The summed E-state index contributed by atoms with van der Waals surface area (Å²) in [6.45, 7) is 0.968. The number of rotatable bonds is 2. The molecule has 0 bridgehead atoms. The molecule has 0 saturated heterocycles. The van der Waals surface area contributed by atoms with Crippen molar-refractivity contribution >= 4 is 0 Å². The minimum Gasteiger partial charge on any atom is -0.384 e. The number of hydrogen-bond donors (Lipinski definition) is 0. The number of hydrogen-bond acceptors (Lipinski definition) is 1. The lowest BCUT2D eigenvalue weighted by Gasteiger charge is -1.96. The second-order valence-corrected chi connectivity index (χ2v) is 3.88. The van der Waals surface area contributed by atoms with Gasteiger partial charge in [0.2, 0.25) is 0 Å². The SMILES string of the molecule is COC[C@@H]1[C@@H]2CCC#CCC[C@@H]21. The van der Waals surface area contributed by atoms with Crippen LogP contribution in [0.3, 0.4) is 0 Å². The molecular formula is C11H16O. The minimum atomic E-state index is 0.858. The first-order chi connectivity index (χ1) is 5.93. The second kappa shape index (κ2) is 3.49. The van der Waals surface area contributed by atoms with E-state index in [1.807, 2.05) is 7.11 Å². The molecule has 1 fully saturated rings. The lowest BCUT2D eigenvalue weighted by Crippen LogP contribution is -1.93. The Kier molecular flexibility index (Phi) is 2.37. The Labute approximate surface area is 74.5 Å². The molecule has 0 aliphatic heterocycles. The molecule has 0 unspecified atom stereocenters.